The summed E-state index contributed by atoms with van der Waals surface area (Å²) in [5.74, 6) is 2.61. The van der Waals surface area contributed by atoms with E-state index in [-0.39, 0.29) is 5.91 Å². The Labute approximate surface area is 170 Å². The monoisotopic (exact) mass is 390 g/mol. The number of nitrogens with zero attached hydrogens (tertiary/aromatic N) is 1. The second-order valence-corrected chi connectivity index (χ2v) is 9.07. The van der Waals surface area contributed by atoms with Gasteiger partial charge < -0.3 is 14.8 Å². The van der Waals surface area contributed by atoms with Crippen LogP contribution in [0.4, 0.5) is 5.69 Å². The highest BCUT2D eigenvalue weighted by Crippen LogP contribution is 2.24. The molecule has 1 aromatic carbocycles. The van der Waals surface area contributed by atoms with Crippen molar-refractivity contribution < 1.29 is 14.3 Å². The molecule has 1 aromatic rings. The molecule has 1 amide bonds. The van der Waals surface area contributed by atoms with Crippen molar-refractivity contribution in [2.75, 3.05) is 38.7 Å². The number of carbonyl (C=O) groups excluding carboxylic acids is 1. The molecule has 1 fully saturated rings. The van der Waals surface area contributed by atoms with E-state index < -0.39 is 5.60 Å². The SMILES string of the molecule is CO[C@](C)(CC(C)C)C(=O)Nc1ccc(OCCN2C[C@@H](C)C[C@H](C)C2)cc1. The van der Waals surface area contributed by atoms with Crippen LogP contribution in [0.15, 0.2) is 24.3 Å². The van der Waals surface area contributed by atoms with E-state index in [0.717, 1.165) is 42.9 Å². The zero-order chi connectivity index (χ0) is 20.7. The molecule has 0 bridgehead atoms. The van der Waals surface area contributed by atoms with Gasteiger partial charge in [-0.15, -0.1) is 0 Å². The number of ether oxygens (including phenoxy) is 2. The summed E-state index contributed by atoms with van der Waals surface area (Å²) in [7, 11) is 1.59. The summed E-state index contributed by atoms with van der Waals surface area (Å²) < 4.78 is 11.4. The smallest absolute Gasteiger partial charge is 0.256 e. The van der Waals surface area contributed by atoms with Crippen LogP contribution < -0.4 is 10.1 Å². The van der Waals surface area contributed by atoms with Gasteiger partial charge in [0.25, 0.3) is 5.91 Å². The molecule has 0 saturated carbocycles. The maximum Gasteiger partial charge on any atom is 0.256 e. The molecule has 0 aromatic heterocycles. The van der Waals surface area contributed by atoms with Gasteiger partial charge in [-0.1, -0.05) is 27.7 Å². The Bertz CT molecular complexity index is 607. The third-order valence-corrected chi connectivity index (χ3v) is 5.46. The van der Waals surface area contributed by atoms with Crippen molar-refractivity contribution in [1.82, 2.24) is 4.90 Å². The minimum atomic E-state index is -0.827. The highest BCUT2D eigenvalue weighted by atomic mass is 16.5. The summed E-state index contributed by atoms with van der Waals surface area (Å²) in [6, 6.07) is 7.57. The van der Waals surface area contributed by atoms with Crippen LogP contribution in [0.25, 0.3) is 0 Å². The Morgan fingerprint density at radius 1 is 1.21 bits per heavy atom. The quantitative estimate of drug-likeness (QED) is 0.677. The highest BCUT2D eigenvalue weighted by Gasteiger charge is 2.33. The van der Waals surface area contributed by atoms with Gasteiger partial charge >= 0.3 is 0 Å². The van der Waals surface area contributed by atoms with Crippen molar-refractivity contribution in [3.05, 3.63) is 24.3 Å². The van der Waals surface area contributed by atoms with Gasteiger partial charge in [0.15, 0.2) is 0 Å². The number of hydrogen-bond donors (Lipinski definition) is 1. The van der Waals surface area contributed by atoms with E-state index in [1.807, 2.05) is 31.2 Å². The Morgan fingerprint density at radius 3 is 2.36 bits per heavy atom. The van der Waals surface area contributed by atoms with Crippen LogP contribution in [0.5, 0.6) is 5.75 Å². The molecule has 0 radical (unpaired) electrons. The summed E-state index contributed by atoms with van der Waals surface area (Å²) in [5.41, 5.74) is -0.0745. The van der Waals surface area contributed by atoms with Crippen LogP contribution in [0, 0.1) is 17.8 Å². The van der Waals surface area contributed by atoms with Crippen LogP contribution in [0.1, 0.15) is 47.5 Å². The fourth-order valence-electron chi connectivity index (χ4n) is 4.21. The lowest BCUT2D eigenvalue weighted by molar-refractivity contribution is -0.137. The number of anilines is 1. The van der Waals surface area contributed by atoms with Gasteiger partial charge in [0, 0.05) is 32.4 Å². The number of methoxy groups -OCH3 is 1. The van der Waals surface area contributed by atoms with E-state index in [4.69, 9.17) is 9.47 Å². The number of hydrogen-bond acceptors (Lipinski definition) is 4. The van der Waals surface area contributed by atoms with Crippen LogP contribution in [0.2, 0.25) is 0 Å². The second kappa shape index (κ2) is 10.3. The lowest BCUT2D eigenvalue weighted by atomic mass is 9.92. The van der Waals surface area contributed by atoms with Gasteiger partial charge in [-0.2, -0.15) is 0 Å². The van der Waals surface area contributed by atoms with Crippen molar-refractivity contribution in [2.24, 2.45) is 17.8 Å². The normalized spacial score (nSPS) is 22.7. The number of amides is 1. The van der Waals surface area contributed by atoms with E-state index in [1.165, 1.54) is 6.42 Å². The standard InChI is InChI=1S/C23H38N2O3/c1-17(2)14-23(5,27-6)22(26)24-20-7-9-21(10-8-20)28-12-11-25-15-18(3)13-19(4)16-25/h7-10,17-19H,11-16H2,1-6H3,(H,24,26)/t18-,19-,23+/m0/s1. The zero-order valence-corrected chi connectivity index (χ0v) is 18.5. The summed E-state index contributed by atoms with van der Waals surface area (Å²) in [6.07, 6.45) is 1.99. The van der Waals surface area contributed by atoms with Crippen molar-refractivity contribution in [3.8, 4) is 5.75 Å². The third kappa shape index (κ3) is 6.78. The number of rotatable bonds is 9. The molecule has 5 heteroatoms. The number of likely N-dealkylation sites (tertiary alicyclic amines) is 1. The number of piperidine rings is 1. The van der Waals surface area contributed by atoms with E-state index in [2.05, 4.69) is 37.9 Å². The first-order chi connectivity index (χ1) is 13.2. The van der Waals surface area contributed by atoms with Crippen LogP contribution in [-0.2, 0) is 9.53 Å². The molecule has 1 aliphatic heterocycles. The molecule has 1 N–H and O–H groups in total. The minimum Gasteiger partial charge on any atom is -0.492 e. The molecule has 1 heterocycles. The molecule has 5 nitrogen and oxygen atoms in total. The number of benzene rings is 1. The Morgan fingerprint density at radius 2 is 1.82 bits per heavy atom. The Balaban J connectivity index is 1.82. The molecule has 28 heavy (non-hydrogen) atoms. The van der Waals surface area contributed by atoms with Crippen LogP contribution >= 0.6 is 0 Å². The van der Waals surface area contributed by atoms with Crippen LogP contribution in [0.3, 0.4) is 0 Å². The van der Waals surface area contributed by atoms with E-state index in [9.17, 15) is 4.79 Å². The predicted octanol–water partition coefficient (Wildman–Crippen LogP) is 4.43. The zero-order valence-electron chi connectivity index (χ0n) is 18.5. The van der Waals surface area contributed by atoms with Gasteiger partial charge in [0.05, 0.1) is 0 Å². The summed E-state index contributed by atoms with van der Waals surface area (Å²) in [6.45, 7) is 14.6. The minimum absolute atomic E-state index is 0.120. The van der Waals surface area contributed by atoms with Crippen LogP contribution in [-0.4, -0.2) is 49.8 Å². The molecule has 0 aliphatic carbocycles. The van der Waals surface area contributed by atoms with E-state index in [0.29, 0.717) is 18.9 Å². The van der Waals surface area contributed by atoms with Crippen molar-refractivity contribution in [2.45, 2.75) is 53.1 Å². The van der Waals surface area contributed by atoms with E-state index in [1.54, 1.807) is 7.11 Å². The average molecular weight is 391 g/mol. The van der Waals surface area contributed by atoms with Gasteiger partial charge in [-0.3, -0.25) is 9.69 Å². The van der Waals surface area contributed by atoms with Gasteiger partial charge in [-0.25, -0.2) is 0 Å². The largest absolute Gasteiger partial charge is 0.492 e. The maximum absolute atomic E-state index is 12.6. The summed E-state index contributed by atoms with van der Waals surface area (Å²) in [4.78, 5) is 15.1. The molecule has 1 saturated heterocycles. The van der Waals surface area contributed by atoms with Gasteiger partial charge in [0.2, 0.25) is 0 Å². The van der Waals surface area contributed by atoms with Crippen molar-refractivity contribution >= 4 is 11.6 Å². The van der Waals surface area contributed by atoms with Crippen molar-refractivity contribution in [1.29, 1.82) is 0 Å². The molecular weight excluding hydrogens is 352 g/mol. The lowest BCUT2D eigenvalue weighted by Gasteiger charge is -2.34. The number of carbonyl (C=O) groups is 1. The fourth-order valence-corrected chi connectivity index (χ4v) is 4.21. The third-order valence-electron chi connectivity index (χ3n) is 5.46. The first kappa shape index (κ1) is 22.7. The lowest BCUT2D eigenvalue weighted by Crippen LogP contribution is -2.43. The molecule has 0 spiro atoms. The molecule has 158 valence electrons. The summed E-state index contributed by atoms with van der Waals surface area (Å²) >= 11 is 0. The predicted molar refractivity (Wildman–Crippen MR) is 115 cm³/mol. The maximum atomic E-state index is 12.6. The van der Waals surface area contributed by atoms with Gasteiger partial charge in [0.1, 0.15) is 18.0 Å². The fraction of sp³-hybridized carbons (Fsp3) is 0.696. The Hall–Kier alpha value is -1.59. The first-order valence-corrected chi connectivity index (χ1v) is 10.5. The van der Waals surface area contributed by atoms with Gasteiger partial charge in [-0.05, 0) is 61.8 Å². The molecular formula is C23H38N2O3. The molecule has 0 unspecified atom stereocenters. The highest BCUT2D eigenvalue weighted by molar-refractivity contribution is 5.97. The van der Waals surface area contributed by atoms with E-state index >= 15 is 0 Å². The second-order valence-electron chi connectivity index (χ2n) is 9.07. The number of nitrogens with one attached hydrogen (secondary N) is 1. The first-order valence-electron chi connectivity index (χ1n) is 10.5. The molecule has 2 rings (SSSR count). The molecule has 3 atom stereocenters. The topological polar surface area (TPSA) is 50.8 Å². The van der Waals surface area contributed by atoms with Crippen molar-refractivity contribution in [3.63, 3.8) is 0 Å². The summed E-state index contributed by atoms with van der Waals surface area (Å²) in [5, 5.41) is 2.96. The average Bonchev–Trinajstić information content (AvgIpc) is 2.61. The molecule has 1 aliphatic rings. The Kier molecular flexibility index (Phi) is 8.32.